The topological polar surface area (TPSA) is 84.0 Å². The van der Waals surface area contributed by atoms with E-state index in [1.54, 1.807) is 24.3 Å². The van der Waals surface area contributed by atoms with Crippen molar-refractivity contribution in [3.05, 3.63) is 35.4 Å². The van der Waals surface area contributed by atoms with Crippen molar-refractivity contribution >= 4 is 24.2 Å². The SMILES string of the molecule is COC(=O)N(C)[C@@H](C=O)CCCN1C(=O)c2ccccc2C1=O. The van der Waals surface area contributed by atoms with E-state index in [1.807, 2.05) is 0 Å². The van der Waals surface area contributed by atoms with Crippen LogP contribution in [-0.4, -0.2) is 60.7 Å². The average Bonchev–Trinajstić information content (AvgIpc) is 2.82. The molecule has 0 fully saturated rings. The number of carbonyl (C=O) groups excluding carboxylic acids is 4. The predicted octanol–water partition coefficient (Wildman–Crippen LogP) is 1.33. The number of benzene rings is 1. The van der Waals surface area contributed by atoms with E-state index in [4.69, 9.17) is 0 Å². The van der Waals surface area contributed by atoms with Crippen LogP contribution in [0.15, 0.2) is 24.3 Å². The Labute approximate surface area is 133 Å². The lowest BCUT2D eigenvalue weighted by molar-refractivity contribution is -0.111. The van der Waals surface area contributed by atoms with Crippen molar-refractivity contribution in [3.8, 4) is 0 Å². The van der Waals surface area contributed by atoms with Gasteiger partial charge < -0.3 is 14.4 Å². The maximum atomic E-state index is 12.2. The van der Waals surface area contributed by atoms with E-state index in [2.05, 4.69) is 4.74 Å². The molecular formula is C16H18N2O5. The Kier molecular flexibility index (Phi) is 5.10. The van der Waals surface area contributed by atoms with E-state index >= 15 is 0 Å². The van der Waals surface area contributed by atoms with E-state index in [1.165, 1.54) is 24.0 Å². The van der Waals surface area contributed by atoms with Crippen molar-refractivity contribution in [1.82, 2.24) is 9.80 Å². The van der Waals surface area contributed by atoms with Gasteiger partial charge in [-0.3, -0.25) is 14.5 Å². The van der Waals surface area contributed by atoms with E-state index in [0.29, 0.717) is 30.3 Å². The van der Waals surface area contributed by atoms with Gasteiger partial charge in [0.15, 0.2) is 0 Å². The second-order valence-electron chi connectivity index (χ2n) is 5.23. The molecule has 3 amide bonds. The first-order chi connectivity index (χ1) is 11.0. The van der Waals surface area contributed by atoms with Gasteiger partial charge in [-0.25, -0.2) is 4.79 Å². The Bertz CT molecular complexity index is 608. The van der Waals surface area contributed by atoms with Gasteiger partial charge in [0, 0.05) is 13.6 Å². The van der Waals surface area contributed by atoms with Crippen LogP contribution in [0.5, 0.6) is 0 Å². The van der Waals surface area contributed by atoms with Gasteiger partial charge in [0.05, 0.1) is 24.3 Å². The summed E-state index contributed by atoms with van der Waals surface area (Å²) in [7, 11) is 2.70. The summed E-state index contributed by atoms with van der Waals surface area (Å²) in [6, 6.07) is 6.00. The van der Waals surface area contributed by atoms with Crippen LogP contribution in [-0.2, 0) is 9.53 Å². The van der Waals surface area contributed by atoms with Crippen LogP contribution in [0.25, 0.3) is 0 Å². The molecule has 23 heavy (non-hydrogen) atoms. The summed E-state index contributed by atoms with van der Waals surface area (Å²) in [5.74, 6) is -0.649. The van der Waals surface area contributed by atoms with Crippen LogP contribution < -0.4 is 0 Å². The van der Waals surface area contributed by atoms with Gasteiger partial charge in [0.25, 0.3) is 11.8 Å². The molecule has 0 unspecified atom stereocenters. The van der Waals surface area contributed by atoms with Crippen molar-refractivity contribution in [2.24, 2.45) is 0 Å². The van der Waals surface area contributed by atoms with Crippen LogP contribution in [0.3, 0.4) is 0 Å². The summed E-state index contributed by atoms with van der Waals surface area (Å²) in [6.07, 6.45) is 0.792. The molecule has 0 N–H and O–H groups in total. The van der Waals surface area contributed by atoms with Gasteiger partial charge in [0.2, 0.25) is 0 Å². The summed E-state index contributed by atoms with van der Waals surface area (Å²) < 4.78 is 4.56. The molecule has 0 bridgehead atoms. The molecule has 7 nitrogen and oxygen atoms in total. The summed E-state index contributed by atoms with van der Waals surface area (Å²) in [5, 5.41) is 0. The maximum Gasteiger partial charge on any atom is 0.409 e. The Morgan fingerprint density at radius 3 is 2.30 bits per heavy atom. The normalized spacial score (nSPS) is 14.4. The fraction of sp³-hybridized carbons (Fsp3) is 0.375. The van der Waals surface area contributed by atoms with E-state index in [0.717, 1.165) is 0 Å². The van der Waals surface area contributed by atoms with Crippen molar-refractivity contribution < 1.29 is 23.9 Å². The van der Waals surface area contributed by atoms with Gasteiger partial charge in [0.1, 0.15) is 6.29 Å². The van der Waals surface area contributed by atoms with Crippen LogP contribution in [0.2, 0.25) is 0 Å². The van der Waals surface area contributed by atoms with Crippen molar-refractivity contribution in [2.45, 2.75) is 18.9 Å². The molecule has 0 aliphatic carbocycles. The monoisotopic (exact) mass is 318 g/mol. The summed E-state index contributed by atoms with van der Waals surface area (Å²) in [6.45, 7) is 0.200. The van der Waals surface area contributed by atoms with Crippen molar-refractivity contribution in [2.75, 3.05) is 20.7 Å². The third kappa shape index (κ3) is 3.23. The van der Waals surface area contributed by atoms with Crippen molar-refractivity contribution in [3.63, 3.8) is 0 Å². The second kappa shape index (κ2) is 7.04. The van der Waals surface area contributed by atoms with Crippen LogP contribution in [0.1, 0.15) is 33.6 Å². The van der Waals surface area contributed by atoms with Gasteiger partial charge in [-0.1, -0.05) is 12.1 Å². The minimum absolute atomic E-state index is 0.200. The first-order valence-corrected chi connectivity index (χ1v) is 7.22. The zero-order valence-electron chi connectivity index (χ0n) is 13.0. The second-order valence-corrected chi connectivity index (χ2v) is 5.23. The number of nitrogens with zero attached hydrogens (tertiary/aromatic N) is 2. The lowest BCUT2D eigenvalue weighted by Crippen LogP contribution is -2.39. The Morgan fingerprint density at radius 1 is 1.26 bits per heavy atom. The average molecular weight is 318 g/mol. The molecule has 0 radical (unpaired) electrons. The first-order valence-electron chi connectivity index (χ1n) is 7.22. The number of imide groups is 1. The van der Waals surface area contributed by atoms with E-state index in [9.17, 15) is 19.2 Å². The van der Waals surface area contributed by atoms with Gasteiger partial charge in [-0.2, -0.15) is 0 Å². The molecule has 0 saturated heterocycles. The highest BCUT2D eigenvalue weighted by Gasteiger charge is 2.34. The molecule has 0 aromatic heterocycles. The van der Waals surface area contributed by atoms with Gasteiger partial charge in [-0.15, -0.1) is 0 Å². The van der Waals surface area contributed by atoms with Gasteiger partial charge >= 0.3 is 6.09 Å². The molecule has 1 aliphatic rings. The number of hydrogen-bond acceptors (Lipinski definition) is 5. The number of hydrogen-bond donors (Lipinski definition) is 0. The Balaban J connectivity index is 1.95. The standard InChI is InChI=1S/C16H18N2O5/c1-17(16(22)23-2)11(10-19)6-5-9-18-14(20)12-7-3-4-8-13(12)15(18)21/h3-4,7-8,10-11H,5-6,9H2,1-2H3/t11-/m1/s1. The fourth-order valence-electron chi connectivity index (χ4n) is 2.53. The minimum atomic E-state index is -0.655. The number of methoxy groups -OCH3 is 1. The Morgan fingerprint density at radius 2 is 1.83 bits per heavy atom. The number of rotatable bonds is 6. The molecule has 2 rings (SSSR count). The van der Waals surface area contributed by atoms with Crippen LogP contribution in [0.4, 0.5) is 4.79 Å². The minimum Gasteiger partial charge on any atom is -0.453 e. The molecule has 122 valence electrons. The highest BCUT2D eigenvalue weighted by Crippen LogP contribution is 2.22. The summed E-state index contributed by atoms with van der Waals surface area (Å²) in [4.78, 5) is 49.3. The number of fused-ring (bicyclic) bond motifs is 1. The summed E-state index contributed by atoms with van der Waals surface area (Å²) in [5.41, 5.74) is 0.798. The van der Waals surface area contributed by atoms with E-state index < -0.39 is 12.1 Å². The summed E-state index contributed by atoms with van der Waals surface area (Å²) >= 11 is 0. The molecule has 1 aliphatic heterocycles. The predicted molar refractivity (Wildman–Crippen MR) is 81.1 cm³/mol. The van der Waals surface area contributed by atoms with Crippen LogP contribution >= 0.6 is 0 Å². The third-order valence-corrected chi connectivity index (χ3v) is 3.88. The Hall–Kier alpha value is -2.70. The number of amides is 3. The lowest BCUT2D eigenvalue weighted by atomic mass is 10.1. The highest BCUT2D eigenvalue weighted by molar-refractivity contribution is 6.21. The molecule has 1 heterocycles. The number of ether oxygens (including phenoxy) is 1. The molecule has 7 heteroatoms. The smallest absolute Gasteiger partial charge is 0.409 e. The molecule has 1 aromatic rings. The number of likely N-dealkylation sites (N-methyl/N-ethyl adjacent to an activating group) is 1. The van der Waals surface area contributed by atoms with Crippen molar-refractivity contribution in [1.29, 1.82) is 0 Å². The number of aldehydes is 1. The molecule has 1 aromatic carbocycles. The van der Waals surface area contributed by atoms with Gasteiger partial charge in [-0.05, 0) is 25.0 Å². The first kappa shape index (κ1) is 16.7. The maximum absolute atomic E-state index is 12.2. The third-order valence-electron chi connectivity index (χ3n) is 3.88. The molecule has 1 atom stereocenters. The van der Waals surface area contributed by atoms with Crippen LogP contribution in [0, 0.1) is 0 Å². The zero-order chi connectivity index (χ0) is 17.0. The van der Waals surface area contributed by atoms with E-state index in [-0.39, 0.29) is 18.4 Å². The largest absolute Gasteiger partial charge is 0.453 e. The fourth-order valence-corrected chi connectivity index (χ4v) is 2.53. The lowest BCUT2D eigenvalue weighted by Gasteiger charge is -2.23. The zero-order valence-corrected chi connectivity index (χ0v) is 13.0. The molecule has 0 saturated carbocycles. The molecular weight excluding hydrogens is 300 g/mol. The number of carbonyl (C=O) groups is 4. The molecule has 0 spiro atoms. The quantitative estimate of drug-likeness (QED) is 0.583. The highest BCUT2D eigenvalue weighted by atomic mass is 16.5.